The molecule has 0 bridgehead atoms. The van der Waals surface area contributed by atoms with E-state index < -0.39 is 11.7 Å². The van der Waals surface area contributed by atoms with E-state index in [1.54, 1.807) is 12.1 Å². The van der Waals surface area contributed by atoms with E-state index in [0.717, 1.165) is 11.0 Å². The second kappa shape index (κ2) is 6.48. The standard InChI is InChI=1S/C14H10Cl2FNOS/c1-20-9-3-4-11(16)10(7-9)14(19)18-13-5-2-8(15)6-12(13)17/h2-7H,1H3,(H,18,19). The summed E-state index contributed by atoms with van der Waals surface area (Å²) in [4.78, 5) is 13.0. The Morgan fingerprint density at radius 3 is 2.60 bits per heavy atom. The lowest BCUT2D eigenvalue weighted by Gasteiger charge is -2.09. The molecular weight excluding hydrogens is 320 g/mol. The number of carbonyl (C=O) groups is 1. The van der Waals surface area contributed by atoms with Crippen LogP contribution >= 0.6 is 35.0 Å². The summed E-state index contributed by atoms with van der Waals surface area (Å²) in [5.74, 6) is -1.06. The molecule has 2 rings (SSSR count). The van der Waals surface area contributed by atoms with Gasteiger partial charge in [0.25, 0.3) is 5.91 Å². The van der Waals surface area contributed by atoms with Crippen molar-refractivity contribution in [2.24, 2.45) is 0 Å². The monoisotopic (exact) mass is 329 g/mol. The lowest BCUT2D eigenvalue weighted by Crippen LogP contribution is -2.13. The van der Waals surface area contributed by atoms with E-state index in [0.29, 0.717) is 10.6 Å². The SMILES string of the molecule is CSc1ccc(Cl)c(C(=O)Nc2ccc(Cl)cc2F)c1. The van der Waals surface area contributed by atoms with Gasteiger partial charge in [-0.05, 0) is 42.7 Å². The zero-order chi connectivity index (χ0) is 14.7. The Balaban J connectivity index is 2.28. The molecule has 2 aromatic carbocycles. The van der Waals surface area contributed by atoms with Crippen molar-refractivity contribution in [3.05, 3.63) is 57.8 Å². The Hall–Kier alpha value is -1.23. The van der Waals surface area contributed by atoms with Crippen LogP contribution in [0.4, 0.5) is 10.1 Å². The lowest BCUT2D eigenvalue weighted by atomic mass is 10.2. The molecule has 2 aromatic rings. The van der Waals surface area contributed by atoms with Gasteiger partial charge in [-0.15, -0.1) is 11.8 Å². The summed E-state index contributed by atoms with van der Waals surface area (Å²) in [5.41, 5.74) is 0.359. The molecule has 0 aromatic heterocycles. The first-order valence-electron chi connectivity index (χ1n) is 5.61. The number of rotatable bonds is 3. The minimum Gasteiger partial charge on any atom is -0.319 e. The van der Waals surface area contributed by atoms with Crippen molar-refractivity contribution in [2.45, 2.75) is 4.90 Å². The van der Waals surface area contributed by atoms with Gasteiger partial charge in [0.2, 0.25) is 0 Å². The van der Waals surface area contributed by atoms with Crippen LogP contribution in [0, 0.1) is 5.82 Å². The zero-order valence-corrected chi connectivity index (χ0v) is 12.7. The summed E-state index contributed by atoms with van der Waals surface area (Å²) in [6, 6.07) is 9.16. The van der Waals surface area contributed by atoms with Gasteiger partial charge in [0, 0.05) is 9.92 Å². The van der Waals surface area contributed by atoms with Gasteiger partial charge in [-0.2, -0.15) is 0 Å². The van der Waals surface area contributed by atoms with Crippen molar-refractivity contribution in [3.63, 3.8) is 0 Å². The second-order valence-corrected chi connectivity index (χ2v) is 5.65. The van der Waals surface area contributed by atoms with Crippen LogP contribution in [0.2, 0.25) is 10.0 Å². The minimum absolute atomic E-state index is 0.0602. The van der Waals surface area contributed by atoms with Crippen molar-refractivity contribution in [3.8, 4) is 0 Å². The van der Waals surface area contributed by atoms with Crippen molar-refractivity contribution < 1.29 is 9.18 Å². The van der Waals surface area contributed by atoms with Crippen LogP contribution in [0.15, 0.2) is 41.3 Å². The summed E-state index contributed by atoms with van der Waals surface area (Å²) >= 11 is 13.1. The molecule has 0 unspecified atom stereocenters. The van der Waals surface area contributed by atoms with Crippen LogP contribution in [0.1, 0.15) is 10.4 Å². The topological polar surface area (TPSA) is 29.1 Å². The van der Waals surface area contributed by atoms with Gasteiger partial charge in [0.15, 0.2) is 0 Å². The fourth-order valence-corrected chi connectivity index (χ4v) is 2.39. The molecule has 0 saturated carbocycles. The molecular formula is C14H10Cl2FNOS. The molecule has 104 valence electrons. The van der Waals surface area contributed by atoms with Gasteiger partial charge in [-0.25, -0.2) is 4.39 Å². The quantitative estimate of drug-likeness (QED) is 0.793. The molecule has 0 fully saturated rings. The van der Waals surface area contributed by atoms with E-state index in [-0.39, 0.29) is 10.7 Å². The molecule has 0 aliphatic carbocycles. The maximum absolute atomic E-state index is 13.6. The molecule has 0 saturated heterocycles. The third-order valence-electron chi connectivity index (χ3n) is 2.60. The van der Waals surface area contributed by atoms with Gasteiger partial charge < -0.3 is 5.32 Å². The first-order chi connectivity index (χ1) is 9.51. The maximum atomic E-state index is 13.6. The fraction of sp³-hybridized carbons (Fsp3) is 0.0714. The minimum atomic E-state index is -0.594. The highest BCUT2D eigenvalue weighted by molar-refractivity contribution is 7.98. The number of hydrogen-bond acceptors (Lipinski definition) is 2. The van der Waals surface area contributed by atoms with E-state index >= 15 is 0 Å². The molecule has 0 heterocycles. The highest BCUT2D eigenvalue weighted by atomic mass is 35.5. The Kier molecular flexibility index (Phi) is 4.91. The van der Waals surface area contributed by atoms with Crippen LogP contribution in [0.5, 0.6) is 0 Å². The van der Waals surface area contributed by atoms with E-state index in [2.05, 4.69) is 5.32 Å². The first kappa shape index (κ1) is 15.2. The summed E-state index contributed by atoms with van der Waals surface area (Å²) in [6.45, 7) is 0. The largest absolute Gasteiger partial charge is 0.319 e. The highest BCUT2D eigenvalue weighted by Crippen LogP contribution is 2.25. The maximum Gasteiger partial charge on any atom is 0.257 e. The lowest BCUT2D eigenvalue weighted by molar-refractivity contribution is 0.102. The number of anilines is 1. The Morgan fingerprint density at radius 2 is 1.95 bits per heavy atom. The molecule has 1 amide bonds. The van der Waals surface area contributed by atoms with Gasteiger partial charge >= 0.3 is 0 Å². The predicted molar refractivity (Wildman–Crippen MR) is 82.6 cm³/mol. The van der Waals surface area contributed by atoms with Gasteiger partial charge in [0.05, 0.1) is 16.3 Å². The molecule has 6 heteroatoms. The van der Waals surface area contributed by atoms with Crippen molar-refractivity contribution in [2.75, 3.05) is 11.6 Å². The van der Waals surface area contributed by atoms with Crippen LogP contribution in [-0.2, 0) is 0 Å². The van der Waals surface area contributed by atoms with E-state index in [1.807, 2.05) is 12.3 Å². The second-order valence-electron chi connectivity index (χ2n) is 3.92. The molecule has 0 spiro atoms. The summed E-state index contributed by atoms with van der Waals surface area (Å²) in [6.07, 6.45) is 1.89. The molecule has 20 heavy (non-hydrogen) atoms. The highest BCUT2D eigenvalue weighted by Gasteiger charge is 2.13. The van der Waals surface area contributed by atoms with Crippen LogP contribution in [-0.4, -0.2) is 12.2 Å². The van der Waals surface area contributed by atoms with E-state index in [1.165, 1.54) is 23.9 Å². The molecule has 0 aliphatic rings. The Morgan fingerprint density at radius 1 is 1.20 bits per heavy atom. The van der Waals surface area contributed by atoms with Crippen molar-refractivity contribution in [1.82, 2.24) is 0 Å². The third-order valence-corrected chi connectivity index (χ3v) is 3.89. The van der Waals surface area contributed by atoms with Crippen LogP contribution < -0.4 is 5.32 Å². The van der Waals surface area contributed by atoms with Crippen molar-refractivity contribution in [1.29, 1.82) is 0 Å². The van der Waals surface area contributed by atoms with Crippen LogP contribution in [0.3, 0.4) is 0 Å². The predicted octanol–water partition coefficient (Wildman–Crippen LogP) is 5.11. The molecule has 2 nitrogen and oxygen atoms in total. The molecule has 1 N–H and O–H groups in total. The average molecular weight is 330 g/mol. The smallest absolute Gasteiger partial charge is 0.257 e. The van der Waals surface area contributed by atoms with Gasteiger partial charge in [-0.3, -0.25) is 4.79 Å². The Labute approximate surface area is 130 Å². The first-order valence-corrected chi connectivity index (χ1v) is 7.59. The number of carbonyl (C=O) groups excluding carboxylic acids is 1. The summed E-state index contributed by atoms with van der Waals surface area (Å²) in [5, 5.41) is 3.06. The fourth-order valence-electron chi connectivity index (χ4n) is 1.59. The number of nitrogens with one attached hydrogen (secondary N) is 1. The summed E-state index contributed by atoms with van der Waals surface area (Å²) < 4.78 is 13.6. The number of hydrogen-bond donors (Lipinski definition) is 1. The van der Waals surface area contributed by atoms with Gasteiger partial charge in [0.1, 0.15) is 5.82 Å². The number of halogens is 3. The normalized spacial score (nSPS) is 10.4. The van der Waals surface area contributed by atoms with Crippen molar-refractivity contribution >= 4 is 46.6 Å². The average Bonchev–Trinajstić information content (AvgIpc) is 2.42. The third kappa shape index (κ3) is 3.45. The van der Waals surface area contributed by atoms with Gasteiger partial charge in [-0.1, -0.05) is 23.2 Å². The van der Waals surface area contributed by atoms with Crippen LogP contribution in [0.25, 0.3) is 0 Å². The number of benzene rings is 2. The van der Waals surface area contributed by atoms with E-state index in [4.69, 9.17) is 23.2 Å². The molecule has 0 aliphatic heterocycles. The number of amides is 1. The van der Waals surface area contributed by atoms with E-state index in [9.17, 15) is 9.18 Å². The Bertz CT molecular complexity index is 664. The molecule has 0 atom stereocenters. The number of thioether (sulfide) groups is 1. The molecule has 0 radical (unpaired) electrons. The zero-order valence-electron chi connectivity index (χ0n) is 10.4. The summed E-state index contributed by atoms with van der Waals surface area (Å²) in [7, 11) is 0.